The molecule has 0 bridgehead atoms. The SMILES string of the molecule is Cc1ccc2oc(-c3cccc(N=Cc4cc(C)c(C)c(Br)c4O)c3)nc2c1. The Morgan fingerprint density at radius 2 is 1.89 bits per heavy atom. The molecule has 1 heterocycles. The second-order valence-corrected chi connectivity index (χ2v) is 7.66. The van der Waals surface area contributed by atoms with Crippen LogP contribution in [0.15, 0.2) is 62.4 Å². The molecule has 1 aromatic heterocycles. The number of halogens is 1. The van der Waals surface area contributed by atoms with E-state index in [0.717, 1.165) is 39.0 Å². The van der Waals surface area contributed by atoms with Gasteiger partial charge in [-0.05, 0) is 89.8 Å². The first kappa shape index (κ1) is 18.4. The second kappa shape index (κ2) is 7.24. The molecule has 0 aliphatic carbocycles. The Bertz CT molecular complexity index is 1220. The van der Waals surface area contributed by atoms with Gasteiger partial charge in [0, 0.05) is 17.3 Å². The molecule has 0 aliphatic rings. The molecule has 0 unspecified atom stereocenters. The van der Waals surface area contributed by atoms with Crippen LogP contribution in [0.3, 0.4) is 0 Å². The van der Waals surface area contributed by atoms with Gasteiger partial charge in [0.2, 0.25) is 5.89 Å². The van der Waals surface area contributed by atoms with Crippen molar-refractivity contribution in [1.29, 1.82) is 0 Å². The summed E-state index contributed by atoms with van der Waals surface area (Å²) in [6.45, 7) is 6.00. The Kier molecular flexibility index (Phi) is 4.77. The van der Waals surface area contributed by atoms with Crippen molar-refractivity contribution in [3.63, 3.8) is 0 Å². The van der Waals surface area contributed by atoms with Gasteiger partial charge in [0.25, 0.3) is 0 Å². The summed E-state index contributed by atoms with van der Waals surface area (Å²) in [5.41, 5.74) is 7.12. The Balaban J connectivity index is 1.68. The lowest BCUT2D eigenvalue weighted by Gasteiger charge is -2.08. The summed E-state index contributed by atoms with van der Waals surface area (Å²) in [6.07, 6.45) is 1.67. The molecule has 1 N–H and O–H groups in total. The summed E-state index contributed by atoms with van der Waals surface area (Å²) >= 11 is 3.44. The number of phenols is 1. The lowest BCUT2D eigenvalue weighted by atomic mass is 10.1. The number of aromatic hydroxyl groups is 1. The van der Waals surface area contributed by atoms with Crippen molar-refractivity contribution in [3.8, 4) is 17.2 Å². The van der Waals surface area contributed by atoms with Crippen LogP contribution in [0.5, 0.6) is 5.75 Å². The molecule has 0 saturated carbocycles. The fourth-order valence-electron chi connectivity index (χ4n) is 3.01. The van der Waals surface area contributed by atoms with Gasteiger partial charge in [-0.2, -0.15) is 0 Å². The number of oxazole rings is 1. The van der Waals surface area contributed by atoms with Gasteiger partial charge in [0.05, 0.1) is 10.2 Å². The Hall–Kier alpha value is -2.92. The third-order valence-electron chi connectivity index (χ3n) is 4.76. The van der Waals surface area contributed by atoms with Crippen LogP contribution < -0.4 is 0 Å². The molecule has 0 amide bonds. The van der Waals surface area contributed by atoms with Crippen molar-refractivity contribution in [2.45, 2.75) is 20.8 Å². The van der Waals surface area contributed by atoms with Crippen LogP contribution in [0.4, 0.5) is 5.69 Å². The first-order valence-corrected chi connectivity index (χ1v) is 9.72. The van der Waals surface area contributed by atoms with E-state index in [1.165, 1.54) is 0 Å². The third-order valence-corrected chi connectivity index (χ3v) is 5.73. The number of aromatic nitrogens is 1. The van der Waals surface area contributed by atoms with Gasteiger partial charge in [0.15, 0.2) is 5.58 Å². The number of aliphatic imine (C=N–C) groups is 1. The minimum atomic E-state index is 0.192. The van der Waals surface area contributed by atoms with E-state index in [0.29, 0.717) is 15.9 Å². The van der Waals surface area contributed by atoms with E-state index in [1.54, 1.807) is 6.21 Å². The molecule has 0 radical (unpaired) electrons. The molecule has 0 saturated heterocycles. The number of hydrogen-bond donors (Lipinski definition) is 1. The largest absolute Gasteiger partial charge is 0.506 e. The zero-order chi connectivity index (χ0) is 19.8. The lowest BCUT2D eigenvalue weighted by molar-refractivity contribution is 0.470. The average molecular weight is 435 g/mol. The molecule has 0 spiro atoms. The monoisotopic (exact) mass is 434 g/mol. The topological polar surface area (TPSA) is 58.6 Å². The van der Waals surface area contributed by atoms with Gasteiger partial charge >= 0.3 is 0 Å². The maximum absolute atomic E-state index is 10.4. The van der Waals surface area contributed by atoms with Gasteiger partial charge in [-0.25, -0.2) is 4.98 Å². The highest BCUT2D eigenvalue weighted by atomic mass is 79.9. The number of phenolic OH excluding ortho intramolecular Hbond substituents is 1. The predicted octanol–water partition coefficient (Wildman–Crippen LogP) is 6.64. The average Bonchev–Trinajstić information content (AvgIpc) is 3.11. The molecule has 0 fully saturated rings. The van der Waals surface area contributed by atoms with E-state index in [4.69, 9.17) is 4.42 Å². The van der Waals surface area contributed by atoms with Crippen LogP contribution in [0.25, 0.3) is 22.6 Å². The fourth-order valence-corrected chi connectivity index (χ4v) is 3.55. The molecule has 28 heavy (non-hydrogen) atoms. The van der Waals surface area contributed by atoms with E-state index in [9.17, 15) is 5.11 Å². The van der Waals surface area contributed by atoms with Crippen molar-refractivity contribution in [2.24, 2.45) is 4.99 Å². The normalized spacial score (nSPS) is 11.6. The van der Waals surface area contributed by atoms with Gasteiger partial charge in [-0.3, -0.25) is 4.99 Å². The molecule has 0 atom stereocenters. The van der Waals surface area contributed by atoms with Gasteiger partial charge < -0.3 is 9.52 Å². The van der Waals surface area contributed by atoms with Crippen LogP contribution in [0.2, 0.25) is 0 Å². The summed E-state index contributed by atoms with van der Waals surface area (Å²) < 4.78 is 6.58. The lowest BCUT2D eigenvalue weighted by Crippen LogP contribution is -1.90. The van der Waals surface area contributed by atoms with E-state index < -0.39 is 0 Å². The van der Waals surface area contributed by atoms with E-state index >= 15 is 0 Å². The minimum Gasteiger partial charge on any atom is -0.506 e. The smallest absolute Gasteiger partial charge is 0.227 e. The summed E-state index contributed by atoms with van der Waals surface area (Å²) in [6, 6.07) is 15.5. The molecule has 4 nitrogen and oxygen atoms in total. The van der Waals surface area contributed by atoms with Gasteiger partial charge in [0.1, 0.15) is 11.3 Å². The maximum Gasteiger partial charge on any atom is 0.227 e. The number of fused-ring (bicyclic) bond motifs is 1. The van der Waals surface area contributed by atoms with Crippen molar-refractivity contribution in [3.05, 3.63) is 75.3 Å². The van der Waals surface area contributed by atoms with E-state index in [-0.39, 0.29) is 5.75 Å². The quantitative estimate of drug-likeness (QED) is 0.367. The minimum absolute atomic E-state index is 0.192. The standard InChI is InChI=1S/C23H19BrN2O2/c1-13-7-8-20-19(9-13)26-23(28-20)16-5-4-6-18(11-16)25-12-17-10-14(2)15(3)21(24)22(17)27/h4-12,27H,1-3H3. The Morgan fingerprint density at radius 3 is 2.71 bits per heavy atom. The third kappa shape index (κ3) is 3.45. The molecule has 5 heteroatoms. The maximum atomic E-state index is 10.4. The van der Waals surface area contributed by atoms with Crippen LogP contribution in [-0.4, -0.2) is 16.3 Å². The Morgan fingerprint density at radius 1 is 1.07 bits per heavy atom. The zero-order valence-electron chi connectivity index (χ0n) is 15.8. The number of aryl methyl sites for hydroxylation is 2. The highest BCUT2D eigenvalue weighted by Crippen LogP contribution is 2.33. The van der Waals surface area contributed by atoms with Crippen molar-refractivity contribution >= 4 is 38.9 Å². The van der Waals surface area contributed by atoms with Crippen molar-refractivity contribution in [1.82, 2.24) is 4.98 Å². The van der Waals surface area contributed by atoms with Crippen LogP contribution in [0, 0.1) is 20.8 Å². The highest BCUT2D eigenvalue weighted by molar-refractivity contribution is 9.10. The molecular weight excluding hydrogens is 416 g/mol. The van der Waals surface area contributed by atoms with Gasteiger partial charge in [-0.15, -0.1) is 0 Å². The van der Waals surface area contributed by atoms with Crippen molar-refractivity contribution < 1.29 is 9.52 Å². The van der Waals surface area contributed by atoms with Crippen LogP contribution in [-0.2, 0) is 0 Å². The molecule has 0 aliphatic heterocycles. The molecule has 4 rings (SSSR count). The predicted molar refractivity (Wildman–Crippen MR) is 117 cm³/mol. The number of hydrogen-bond acceptors (Lipinski definition) is 4. The van der Waals surface area contributed by atoms with E-state index in [1.807, 2.05) is 69.3 Å². The van der Waals surface area contributed by atoms with E-state index in [2.05, 4.69) is 25.9 Å². The number of benzene rings is 3. The first-order valence-electron chi connectivity index (χ1n) is 8.93. The summed E-state index contributed by atoms with van der Waals surface area (Å²) in [5.74, 6) is 0.756. The molecule has 4 aromatic rings. The first-order chi connectivity index (χ1) is 13.4. The molecular formula is C23H19BrN2O2. The van der Waals surface area contributed by atoms with Crippen molar-refractivity contribution in [2.75, 3.05) is 0 Å². The fraction of sp³-hybridized carbons (Fsp3) is 0.130. The highest BCUT2D eigenvalue weighted by Gasteiger charge is 2.11. The second-order valence-electron chi connectivity index (χ2n) is 6.87. The molecule has 3 aromatic carbocycles. The number of nitrogens with zero attached hydrogens (tertiary/aromatic N) is 2. The Labute approximate surface area is 171 Å². The molecule has 140 valence electrons. The van der Waals surface area contributed by atoms with Gasteiger partial charge in [-0.1, -0.05) is 12.1 Å². The summed E-state index contributed by atoms with van der Waals surface area (Å²) in [4.78, 5) is 9.11. The summed E-state index contributed by atoms with van der Waals surface area (Å²) in [5, 5.41) is 10.4. The number of rotatable bonds is 3. The zero-order valence-corrected chi connectivity index (χ0v) is 17.4. The summed E-state index contributed by atoms with van der Waals surface area (Å²) in [7, 11) is 0. The van der Waals surface area contributed by atoms with Crippen LogP contribution in [0.1, 0.15) is 22.3 Å². The van der Waals surface area contributed by atoms with Crippen LogP contribution >= 0.6 is 15.9 Å².